The molecule has 1 heterocycles. The molecule has 4 radical (unpaired) electrons. The van der Waals surface area contributed by atoms with Gasteiger partial charge in [0.05, 0.1) is 12.6 Å². The van der Waals surface area contributed by atoms with E-state index in [9.17, 15) is 0 Å². The molecule has 64 valence electrons. The molecule has 2 rings (SSSR count). The van der Waals surface area contributed by atoms with Crippen LogP contribution in [0.5, 0.6) is 5.75 Å². The molecule has 2 nitrogen and oxygen atoms in total. The number of ether oxygens (including phenoxy) is 1. The summed E-state index contributed by atoms with van der Waals surface area (Å²) in [6.45, 7) is 0. The Kier molecular flexibility index (Phi) is 3.03. The molecule has 0 fully saturated rings. The average molecular weight is 187 g/mol. The van der Waals surface area contributed by atoms with Crippen molar-refractivity contribution in [3.8, 4) is 5.75 Å². The number of hydrogen-bond donors (Lipinski definition) is 0. The molecule has 0 unspecified atom stereocenters. The lowest BCUT2D eigenvalue weighted by Gasteiger charge is -2.00. The first-order chi connectivity index (χ1) is 5.90. The van der Waals surface area contributed by atoms with Crippen LogP contribution in [0.25, 0.3) is 10.9 Å². The highest BCUT2D eigenvalue weighted by Gasteiger charge is 1.94. The van der Waals surface area contributed by atoms with Gasteiger partial charge >= 0.3 is 0 Å². The maximum Gasteiger partial charge on any atom is 0.121 e. The summed E-state index contributed by atoms with van der Waals surface area (Å²) in [7, 11) is 1.66. The molecular formula is C10H9NOSi. The predicted molar refractivity (Wildman–Crippen MR) is 54.0 cm³/mol. The van der Waals surface area contributed by atoms with Gasteiger partial charge in [-0.3, -0.25) is 4.98 Å². The van der Waals surface area contributed by atoms with E-state index in [0.717, 1.165) is 16.7 Å². The normalized spacial score (nSPS) is 9.31. The molecule has 2 aromatic rings. The number of fused-ring (bicyclic) bond motifs is 1. The highest BCUT2D eigenvalue weighted by Crippen LogP contribution is 2.17. The van der Waals surface area contributed by atoms with Crippen LogP contribution in [-0.2, 0) is 0 Å². The van der Waals surface area contributed by atoms with Gasteiger partial charge in [-0.2, -0.15) is 0 Å². The molecule has 1 aromatic carbocycles. The molecular weight excluding hydrogens is 178 g/mol. The maximum atomic E-state index is 5.08. The van der Waals surface area contributed by atoms with Crippen molar-refractivity contribution in [3.63, 3.8) is 0 Å². The van der Waals surface area contributed by atoms with E-state index >= 15 is 0 Å². The molecule has 3 heteroatoms. The van der Waals surface area contributed by atoms with Gasteiger partial charge in [-0.15, -0.1) is 0 Å². The first-order valence-electron chi connectivity index (χ1n) is 3.79. The van der Waals surface area contributed by atoms with Crippen LogP contribution in [-0.4, -0.2) is 23.1 Å². The van der Waals surface area contributed by atoms with Gasteiger partial charge in [0.25, 0.3) is 0 Å². The average Bonchev–Trinajstić information content (AvgIpc) is 2.17. The van der Waals surface area contributed by atoms with Crippen molar-refractivity contribution in [3.05, 3.63) is 36.5 Å². The standard InChI is InChI=1S/C10H9NO.Si/c1-12-9-5-4-8-3-2-6-11-10(8)7-9;/h2-7H,1H3;. The molecule has 13 heavy (non-hydrogen) atoms. The number of methoxy groups -OCH3 is 1. The third-order valence-corrected chi connectivity index (χ3v) is 1.81. The molecule has 1 aromatic heterocycles. The molecule has 0 aliphatic carbocycles. The number of nitrogens with zero attached hydrogens (tertiary/aromatic N) is 1. The van der Waals surface area contributed by atoms with E-state index < -0.39 is 0 Å². The van der Waals surface area contributed by atoms with Crippen LogP contribution in [0.15, 0.2) is 36.5 Å². The Balaban J connectivity index is 0.000000845. The summed E-state index contributed by atoms with van der Waals surface area (Å²) in [5.41, 5.74) is 0.969. The summed E-state index contributed by atoms with van der Waals surface area (Å²) >= 11 is 0. The van der Waals surface area contributed by atoms with E-state index in [0.29, 0.717) is 0 Å². The first kappa shape index (κ1) is 9.73. The van der Waals surface area contributed by atoms with Crippen molar-refractivity contribution < 1.29 is 4.74 Å². The lowest BCUT2D eigenvalue weighted by atomic mass is 10.2. The maximum absolute atomic E-state index is 5.08. The molecule has 0 N–H and O–H groups in total. The van der Waals surface area contributed by atoms with Gasteiger partial charge in [-0.1, -0.05) is 6.07 Å². The van der Waals surface area contributed by atoms with Gasteiger partial charge in [-0.25, -0.2) is 0 Å². The van der Waals surface area contributed by atoms with Gasteiger partial charge in [0.1, 0.15) is 5.75 Å². The van der Waals surface area contributed by atoms with Gasteiger partial charge in [0.15, 0.2) is 0 Å². The molecule has 0 bridgehead atoms. The van der Waals surface area contributed by atoms with E-state index in [1.54, 1.807) is 13.3 Å². The fourth-order valence-corrected chi connectivity index (χ4v) is 1.17. The van der Waals surface area contributed by atoms with E-state index in [2.05, 4.69) is 4.98 Å². The summed E-state index contributed by atoms with van der Waals surface area (Å²) in [6, 6.07) is 9.82. The summed E-state index contributed by atoms with van der Waals surface area (Å²) in [5.74, 6) is 0.848. The second kappa shape index (κ2) is 4.05. The molecule has 0 amide bonds. The first-order valence-corrected chi connectivity index (χ1v) is 3.79. The third kappa shape index (κ3) is 1.87. The molecule has 0 aliphatic rings. The monoisotopic (exact) mass is 187 g/mol. The van der Waals surface area contributed by atoms with Crippen LogP contribution >= 0.6 is 0 Å². The Labute approximate surface area is 81.6 Å². The van der Waals surface area contributed by atoms with Crippen LogP contribution in [0.4, 0.5) is 0 Å². The van der Waals surface area contributed by atoms with E-state index in [1.165, 1.54) is 0 Å². The second-order valence-electron chi connectivity index (χ2n) is 2.56. The highest BCUT2D eigenvalue weighted by atomic mass is 28.1. The van der Waals surface area contributed by atoms with Gasteiger partial charge < -0.3 is 4.74 Å². The number of pyridine rings is 1. The van der Waals surface area contributed by atoms with E-state index in [4.69, 9.17) is 4.74 Å². The van der Waals surface area contributed by atoms with Crippen molar-refractivity contribution >= 4 is 21.9 Å². The second-order valence-corrected chi connectivity index (χ2v) is 2.56. The van der Waals surface area contributed by atoms with Crippen LogP contribution in [0, 0.1) is 0 Å². The Morgan fingerprint density at radius 2 is 2.08 bits per heavy atom. The Hall–Kier alpha value is -1.35. The van der Waals surface area contributed by atoms with Crippen molar-refractivity contribution in [1.29, 1.82) is 0 Å². The lowest BCUT2D eigenvalue weighted by molar-refractivity contribution is 0.415. The minimum Gasteiger partial charge on any atom is -0.497 e. The summed E-state index contributed by atoms with van der Waals surface area (Å²) in [6.07, 6.45) is 1.78. The molecule has 0 aliphatic heterocycles. The molecule has 0 saturated heterocycles. The summed E-state index contributed by atoms with van der Waals surface area (Å²) in [5, 5.41) is 1.14. The minimum absolute atomic E-state index is 0. The van der Waals surface area contributed by atoms with Crippen LogP contribution in [0.2, 0.25) is 0 Å². The Bertz CT molecular complexity index is 403. The Morgan fingerprint density at radius 1 is 1.23 bits per heavy atom. The molecule has 0 spiro atoms. The zero-order chi connectivity index (χ0) is 8.39. The smallest absolute Gasteiger partial charge is 0.121 e. The van der Waals surface area contributed by atoms with E-state index in [-0.39, 0.29) is 11.0 Å². The summed E-state index contributed by atoms with van der Waals surface area (Å²) in [4.78, 5) is 4.21. The SMILES string of the molecule is COc1ccc2cccnc2c1.[Si]. The molecule has 0 atom stereocenters. The largest absolute Gasteiger partial charge is 0.497 e. The Morgan fingerprint density at radius 3 is 2.85 bits per heavy atom. The third-order valence-electron chi connectivity index (χ3n) is 1.81. The number of benzene rings is 1. The fraction of sp³-hybridized carbons (Fsp3) is 0.100. The van der Waals surface area contributed by atoms with Crippen LogP contribution in [0.1, 0.15) is 0 Å². The topological polar surface area (TPSA) is 22.1 Å². The summed E-state index contributed by atoms with van der Waals surface area (Å²) < 4.78 is 5.08. The molecule has 0 saturated carbocycles. The van der Waals surface area contributed by atoms with Gasteiger partial charge in [-0.05, 0) is 18.2 Å². The fourth-order valence-electron chi connectivity index (χ4n) is 1.17. The van der Waals surface area contributed by atoms with Crippen LogP contribution < -0.4 is 4.74 Å². The zero-order valence-corrected chi connectivity index (χ0v) is 8.32. The van der Waals surface area contributed by atoms with Gasteiger partial charge in [0, 0.05) is 28.6 Å². The van der Waals surface area contributed by atoms with Crippen LogP contribution in [0.3, 0.4) is 0 Å². The lowest BCUT2D eigenvalue weighted by Crippen LogP contribution is -1.83. The zero-order valence-electron chi connectivity index (χ0n) is 7.32. The van der Waals surface area contributed by atoms with Crippen molar-refractivity contribution in [2.75, 3.05) is 7.11 Å². The highest BCUT2D eigenvalue weighted by molar-refractivity contribution is 5.79. The van der Waals surface area contributed by atoms with Crippen molar-refractivity contribution in [1.82, 2.24) is 4.98 Å². The minimum atomic E-state index is 0. The van der Waals surface area contributed by atoms with E-state index in [1.807, 2.05) is 30.3 Å². The van der Waals surface area contributed by atoms with Crippen molar-refractivity contribution in [2.24, 2.45) is 0 Å². The predicted octanol–water partition coefficient (Wildman–Crippen LogP) is 1.86. The van der Waals surface area contributed by atoms with Crippen molar-refractivity contribution in [2.45, 2.75) is 0 Å². The number of hydrogen-bond acceptors (Lipinski definition) is 2. The number of aromatic nitrogens is 1. The number of rotatable bonds is 1. The quantitative estimate of drug-likeness (QED) is 0.636. The van der Waals surface area contributed by atoms with Gasteiger partial charge in [0.2, 0.25) is 0 Å².